The Bertz CT molecular complexity index is 624. The van der Waals surface area contributed by atoms with Crippen molar-refractivity contribution in [2.45, 2.75) is 39.8 Å². The molecule has 0 spiro atoms. The fourth-order valence-electron chi connectivity index (χ4n) is 3.94. The van der Waals surface area contributed by atoms with E-state index in [0.717, 1.165) is 64.9 Å². The van der Waals surface area contributed by atoms with Crippen molar-refractivity contribution in [1.82, 2.24) is 20.4 Å². The molecule has 1 atom stereocenters. The predicted molar refractivity (Wildman–Crippen MR) is 134 cm³/mol. The Morgan fingerprint density at radius 1 is 1.31 bits per heavy atom. The van der Waals surface area contributed by atoms with Gasteiger partial charge in [-0.1, -0.05) is 13.8 Å². The van der Waals surface area contributed by atoms with Crippen LogP contribution in [0.4, 0.5) is 0 Å². The number of morpholine rings is 1. The van der Waals surface area contributed by atoms with Gasteiger partial charge >= 0.3 is 0 Å². The van der Waals surface area contributed by atoms with Crippen molar-refractivity contribution >= 4 is 41.3 Å². The highest BCUT2D eigenvalue weighted by atomic mass is 127. The normalized spacial score (nSPS) is 21.0. The molecule has 1 fully saturated rings. The summed E-state index contributed by atoms with van der Waals surface area (Å²) in [4.78, 5) is 11.4. The Balaban J connectivity index is 0.00000300. The van der Waals surface area contributed by atoms with E-state index in [2.05, 4.69) is 52.7 Å². The van der Waals surface area contributed by atoms with Gasteiger partial charge < -0.3 is 15.4 Å². The van der Waals surface area contributed by atoms with E-state index >= 15 is 0 Å². The summed E-state index contributed by atoms with van der Waals surface area (Å²) in [7, 11) is 0. The molecule has 0 amide bonds. The maximum absolute atomic E-state index is 5.93. The zero-order valence-electron chi connectivity index (χ0n) is 18.2. The number of fused-ring (bicyclic) bond motifs is 1. The van der Waals surface area contributed by atoms with Gasteiger partial charge in [-0.25, -0.2) is 0 Å². The highest BCUT2D eigenvalue weighted by Gasteiger charge is 2.21. The van der Waals surface area contributed by atoms with Crippen LogP contribution in [-0.4, -0.2) is 80.8 Å². The van der Waals surface area contributed by atoms with Crippen LogP contribution in [0.1, 0.15) is 31.2 Å². The summed E-state index contributed by atoms with van der Waals surface area (Å²) >= 11 is 1.90. The average molecular weight is 536 g/mol. The van der Waals surface area contributed by atoms with E-state index in [1.807, 2.05) is 11.3 Å². The van der Waals surface area contributed by atoms with Gasteiger partial charge in [-0.2, -0.15) is 0 Å². The number of hydrogen-bond acceptors (Lipinski definition) is 5. The average Bonchev–Trinajstić information content (AvgIpc) is 3.14. The van der Waals surface area contributed by atoms with Crippen molar-refractivity contribution in [3.63, 3.8) is 0 Å². The highest BCUT2D eigenvalue weighted by molar-refractivity contribution is 14.0. The molecule has 2 aliphatic rings. The third kappa shape index (κ3) is 8.32. The van der Waals surface area contributed by atoms with Crippen LogP contribution < -0.4 is 10.6 Å². The molecule has 8 heteroatoms. The van der Waals surface area contributed by atoms with Crippen LogP contribution in [0, 0.1) is 5.92 Å². The molecule has 0 radical (unpaired) electrons. The van der Waals surface area contributed by atoms with Crippen molar-refractivity contribution in [2.75, 3.05) is 59.0 Å². The van der Waals surface area contributed by atoms with Crippen LogP contribution in [0.15, 0.2) is 16.4 Å². The van der Waals surface area contributed by atoms with Gasteiger partial charge in [0.1, 0.15) is 0 Å². The molecule has 1 aromatic rings. The maximum Gasteiger partial charge on any atom is 0.191 e. The first-order valence-electron chi connectivity index (χ1n) is 10.8. The molecule has 0 aromatic carbocycles. The van der Waals surface area contributed by atoms with Gasteiger partial charge in [0, 0.05) is 57.2 Å². The summed E-state index contributed by atoms with van der Waals surface area (Å²) < 4.78 is 5.93. The Hall–Kier alpha value is -0.420. The first-order chi connectivity index (χ1) is 13.6. The summed E-state index contributed by atoms with van der Waals surface area (Å²) in [5.41, 5.74) is 1.51. The molecular formula is C21H38IN5OS. The zero-order valence-corrected chi connectivity index (χ0v) is 21.3. The molecule has 2 N–H and O–H groups in total. The standard InChI is InChI=1S/C21H37N5OS.HI/c1-4-22-21(24-13-19-16-26(10-11-27-19)14-17(2)3)23-7-9-25-8-5-20-18(15-25)6-12-28-20;/h6,12,17,19H,4-5,7-11,13-16H2,1-3H3,(H2,22,23,24);1H. The van der Waals surface area contributed by atoms with E-state index in [0.29, 0.717) is 12.5 Å². The quantitative estimate of drug-likeness (QED) is 0.305. The fraction of sp³-hybridized carbons (Fsp3) is 0.762. The minimum Gasteiger partial charge on any atom is -0.374 e. The van der Waals surface area contributed by atoms with Crippen LogP contribution in [0.3, 0.4) is 0 Å². The second-order valence-corrected chi connectivity index (χ2v) is 9.19. The van der Waals surface area contributed by atoms with E-state index in [-0.39, 0.29) is 30.1 Å². The number of aliphatic imine (C=N–C) groups is 1. The van der Waals surface area contributed by atoms with E-state index < -0.39 is 0 Å². The second-order valence-electron chi connectivity index (χ2n) is 8.19. The van der Waals surface area contributed by atoms with Gasteiger partial charge in [-0.05, 0) is 36.3 Å². The highest BCUT2D eigenvalue weighted by Crippen LogP contribution is 2.23. The second kappa shape index (κ2) is 13.1. The lowest BCUT2D eigenvalue weighted by molar-refractivity contribution is -0.0261. The summed E-state index contributed by atoms with van der Waals surface area (Å²) in [5, 5.41) is 9.09. The van der Waals surface area contributed by atoms with Crippen LogP contribution in [0.25, 0.3) is 0 Å². The van der Waals surface area contributed by atoms with E-state index in [1.165, 1.54) is 12.0 Å². The Kier molecular flexibility index (Phi) is 11.2. The number of nitrogens with zero attached hydrogens (tertiary/aromatic N) is 3. The Morgan fingerprint density at radius 2 is 2.17 bits per heavy atom. The van der Waals surface area contributed by atoms with Crippen molar-refractivity contribution in [2.24, 2.45) is 10.9 Å². The third-order valence-corrected chi connectivity index (χ3v) is 6.27. The first-order valence-corrected chi connectivity index (χ1v) is 11.7. The molecule has 1 saturated heterocycles. The van der Waals surface area contributed by atoms with Crippen LogP contribution >= 0.6 is 35.3 Å². The van der Waals surface area contributed by atoms with Gasteiger partial charge in [0.05, 0.1) is 19.3 Å². The minimum absolute atomic E-state index is 0. The van der Waals surface area contributed by atoms with Crippen molar-refractivity contribution in [3.05, 3.63) is 21.9 Å². The molecule has 1 aromatic heterocycles. The number of ether oxygens (including phenoxy) is 1. The van der Waals surface area contributed by atoms with Crippen LogP contribution in [0.2, 0.25) is 0 Å². The first kappa shape index (κ1) is 24.8. The molecule has 2 aliphatic heterocycles. The molecule has 3 rings (SSSR count). The van der Waals surface area contributed by atoms with Crippen molar-refractivity contribution in [3.8, 4) is 0 Å². The lowest BCUT2D eigenvalue weighted by atomic mass is 10.1. The molecule has 0 aliphatic carbocycles. The number of thiophene rings is 1. The molecule has 1 unspecified atom stereocenters. The summed E-state index contributed by atoms with van der Waals surface area (Å²) in [5.74, 6) is 1.60. The van der Waals surface area contributed by atoms with Crippen molar-refractivity contribution in [1.29, 1.82) is 0 Å². The Morgan fingerprint density at radius 3 is 2.97 bits per heavy atom. The molecule has 29 heavy (non-hydrogen) atoms. The zero-order chi connectivity index (χ0) is 19.8. The number of rotatable bonds is 8. The monoisotopic (exact) mass is 535 g/mol. The lowest BCUT2D eigenvalue weighted by Gasteiger charge is -2.33. The molecule has 3 heterocycles. The summed E-state index contributed by atoms with van der Waals surface area (Å²) in [6, 6.07) is 2.28. The Labute approximate surface area is 197 Å². The van der Waals surface area contributed by atoms with E-state index in [4.69, 9.17) is 9.73 Å². The van der Waals surface area contributed by atoms with Crippen molar-refractivity contribution < 1.29 is 4.74 Å². The van der Waals surface area contributed by atoms with E-state index in [1.54, 1.807) is 4.88 Å². The summed E-state index contributed by atoms with van der Waals surface area (Å²) in [6.07, 6.45) is 1.38. The largest absolute Gasteiger partial charge is 0.374 e. The van der Waals surface area contributed by atoms with Gasteiger partial charge in [0.15, 0.2) is 5.96 Å². The minimum atomic E-state index is 0. The molecule has 0 bridgehead atoms. The lowest BCUT2D eigenvalue weighted by Crippen LogP contribution is -2.46. The molecule has 0 saturated carbocycles. The smallest absolute Gasteiger partial charge is 0.191 e. The third-order valence-electron chi connectivity index (χ3n) is 5.25. The maximum atomic E-state index is 5.93. The fourth-order valence-corrected chi connectivity index (χ4v) is 4.83. The number of hydrogen-bond donors (Lipinski definition) is 2. The van der Waals surface area contributed by atoms with E-state index in [9.17, 15) is 0 Å². The molecule has 6 nitrogen and oxygen atoms in total. The number of nitrogens with one attached hydrogen (secondary N) is 2. The number of guanidine groups is 1. The van der Waals surface area contributed by atoms with Gasteiger partial charge in [0.25, 0.3) is 0 Å². The SMILES string of the molecule is CCNC(=NCC1CN(CC(C)C)CCO1)NCCN1CCc2sccc2C1.I. The topological polar surface area (TPSA) is 52.1 Å². The van der Waals surface area contributed by atoms with Gasteiger partial charge in [0.2, 0.25) is 0 Å². The predicted octanol–water partition coefficient (Wildman–Crippen LogP) is 2.64. The van der Waals surface area contributed by atoms with Crippen LogP contribution in [0.5, 0.6) is 0 Å². The van der Waals surface area contributed by atoms with Gasteiger partial charge in [-0.3, -0.25) is 14.8 Å². The van der Waals surface area contributed by atoms with Crippen LogP contribution in [-0.2, 0) is 17.7 Å². The van der Waals surface area contributed by atoms with Gasteiger partial charge in [-0.15, -0.1) is 35.3 Å². The summed E-state index contributed by atoms with van der Waals surface area (Å²) in [6.45, 7) is 16.4. The molecule has 166 valence electrons. The molecular weight excluding hydrogens is 497 g/mol. The number of halogens is 1.